The fraction of sp³-hybridized carbons (Fsp3) is 0.0588. The third-order valence-electron chi connectivity index (χ3n) is 3.27. The zero-order chi connectivity index (χ0) is 18.5. The summed E-state index contributed by atoms with van der Waals surface area (Å²) in [5.41, 5.74) is 1.11. The van der Waals surface area contributed by atoms with Crippen LogP contribution in [0.3, 0.4) is 0 Å². The number of benzene rings is 1. The summed E-state index contributed by atoms with van der Waals surface area (Å²) in [6.07, 6.45) is 4.78. The lowest BCUT2D eigenvalue weighted by molar-refractivity contribution is -0.119. The highest BCUT2D eigenvalue weighted by Gasteiger charge is 2.12. The van der Waals surface area contributed by atoms with E-state index in [0.29, 0.717) is 10.6 Å². The average Bonchev–Trinajstić information content (AvgIpc) is 3.17. The van der Waals surface area contributed by atoms with Crippen LogP contribution in [-0.4, -0.2) is 33.2 Å². The maximum Gasteiger partial charge on any atom is 0.338 e. The molecule has 0 aliphatic heterocycles. The van der Waals surface area contributed by atoms with Gasteiger partial charge in [0.2, 0.25) is 0 Å². The predicted molar refractivity (Wildman–Crippen MR) is 96.7 cm³/mol. The van der Waals surface area contributed by atoms with Gasteiger partial charge in [-0.15, -0.1) is 0 Å². The van der Waals surface area contributed by atoms with Crippen molar-refractivity contribution in [1.82, 2.24) is 14.8 Å². The lowest BCUT2D eigenvalue weighted by Gasteiger charge is -2.08. The van der Waals surface area contributed by atoms with Crippen molar-refractivity contribution in [3.63, 3.8) is 0 Å². The molecule has 1 N–H and O–H groups in total. The van der Waals surface area contributed by atoms with Crippen LogP contribution in [0.1, 0.15) is 10.4 Å². The molecular formula is C17H12Cl2N4O3. The van der Waals surface area contributed by atoms with Gasteiger partial charge in [0.25, 0.3) is 5.91 Å². The van der Waals surface area contributed by atoms with Crippen LogP contribution < -0.4 is 5.32 Å². The van der Waals surface area contributed by atoms with Crippen LogP contribution in [0.4, 0.5) is 5.82 Å². The SMILES string of the molecule is O=C(COC(=O)c1ccc(-n2cccn2)cc1)Nc1ncc(Cl)cc1Cl. The molecular weight excluding hydrogens is 379 g/mol. The molecule has 26 heavy (non-hydrogen) atoms. The quantitative estimate of drug-likeness (QED) is 0.674. The summed E-state index contributed by atoms with van der Waals surface area (Å²) >= 11 is 11.6. The van der Waals surface area contributed by atoms with E-state index in [-0.39, 0.29) is 10.8 Å². The normalized spacial score (nSPS) is 10.4. The van der Waals surface area contributed by atoms with Crippen LogP contribution in [0.15, 0.2) is 55.0 Å². The summed E-state index contributed by atoms with van der Waals surface area (Å²) in [5, 5.41) is 7.07. The van der Waals surface area contributed by atoms with Gasteiger partial charge in [-0.2, -0.15) is 5.10 Å². The molecule has 0 unspecified atom stereocenters. The molecule has 0 saturated carbocycles. The van der Waals surface area contributed by atoms with Crippen molar-refractivity contribution in [2.45, 2.75) is 0 Å². The van der Waals surface area contributed by atoms with Crippen LogP contribution in [0.25, 0.3) is 5.69 Å². The Labute approximate surface area is 158 Å². The number of esters is 1. The van der Waals surface area contributed by atoms with Crippen LogP contribution >= 0.6 is 23.2 Å². The van der Waals surface area contributed by atoms with Gasteiger partial charge in [0.15, 0.2) is 12.4 Å². The second kappa shape index (κ2) is 7.99. The maximum absolute atomic E-state index is 12.0. The predicted octanol–water partition coefficient (Wildman–Crippen LogP) is 3.37. The van der Waals surface area contributed by atoms with Gasteiger partial charge < -0.3 is 10.1 Å². The van der Waals surface area contributed by atoms with Crippen molar-refractivity contribution >= 4 is 40.9 Å². The molecule has 2 aromatic heterocycles. The number of aromatic nitrogens is 3. The van der Waals surface area contributed by atoms with E-state index in [1.807, 2.05) is 0 Å². The summed E-state index contributed by atoms with van der Waals surface area (Å²) < 4.78 is 6.64. The summed E-state index contributed by atoms with van der Waals surface area (Å²) in [4.78, 5) is 27.8. The highest BCUT2D eigenvalue weighted by atomic mass is 35.5. The lowest BCUT2D eigenvalue weighted by atomic mass is 10.2. The molecule has 3 rings (SSSR count). The molecule has 0 radical (unpaired) electrons. The minimum Gasteiger partial charge on any atom is -0.452 e. The number of ether oxygens (including phenoxy) is 1. The molecule has 9 heteroatoms. The highest BCUT2D eigenvalue weighted by Crippen LogP contribution is 2.22. The summed E-state index contributed by atoms with van der Waals surface area (Å²) in [6, 6.07) is 9.87. The Morgan fingerprint density at radius 2 is 1.96 bits per heavy atom. The fourth-order valence-electron chi connectivity index (χ4n) is 2.06. The van der Waals surface area contributed by atoms with Crippen molar-refractivity contribution in [2.75, 3.05) is 11.9 Å². The van der Waals surface area contributed by atoms with Crippen LogP contribution in [-0.2, 0) is 9.53 Å². The Bertz CT molecular complexity index is 928. The first-order valence-corrected chi connectivity index (χ1v) is 8.16. The molecule has 3 aromatic rings. The lowest BCUT2D eigenvalue weighted by Crippen LogP contribution is -2.21. The van der Waals surface area contributed by atoms with Gasteiger partial charge in [-0.05, 0) is 36.4 Å². The van der Waals surface area contributed by atoms with Crippen LogP contribution in [0.2, 0.25) is 10.0 Å². The topological polar surface area (TPSA) is 86.1 Å². The minimum absolute atomic E-state index is 0.140. The molecule has 132 valence electrons. The van der Waals surface area contributed by atoms with E-state index < -0.39 is 18.5 Å². The van der Waals surface area contributed by atoms with Gasteiger partial charge in [-0.3, -0.25) is 4.79 Å². The van der Waals surface area contributed by atoms with Crippen molar-refractivity contribution < 1.29 is 14.3 Å². The number of carbonyl (C=O) groups excluding carboxylic acids is 2. The van der Waals surface area contributed by atoms with Crippen molar-refractivity contribution in [3.05, 3.63) is 70.6 Å². The van der Waals surface area contributed by atoms with Gasteiger partial charge in [0.1, 0.15) is 0 Å². The minimum atomic E-state index is -0.623. The number of hydrogen-bond acceptors (Lipinski definition) is 5. The molecule has 0 aliphatic carbocycles. The molecule has 2 heterocycles. The number of amides is 1. The maximum atomic E-state index is 12.0. The number of nitrogens with one attached hydrogen (secondary N) is 1. The van der Waals surface area contributed by atoms with E-state index in [4.69, 9.17) is 27.9 Å². The van der Waals surface area contributed by atoms with Crippen LogP contribution in [0.5, 0.6) is 0 Å². The Kier molecular flexibility index (Phi) is 5.50. The van der Waals surface area contributed by atoms with Gasteiger partial charge in [0.05, 0.1) is 21.3 Å². The monoisotopic (exact) mass is 390 g/mol. The van der Waals surface area contributed by atoms with Gasteiger partial charge >= 0.3 is 5.97 Å². The van der Waals surface area contributed by atoms with Crippen molar-refractivity contribution in [1.29, 1.82) is 0 Å². The Morgan fingerprint density at radius 1 is 1.19 bits per heavy atom. The van der Waals surface area contributed by atoms with Gasteiger partial charge in [-0.1, -0.05) is 23.2 Å². The molecule has 1 amide bonds. The number of carbonyl (C=O) groups is 2. The van der Waals surface area contributed by atoms with E-state index in [1.54, 1.807) is 47.4 Å². The Hall–Kier alpha value is -2.90. The number of rotatable bonds is 5. The van der Waals surface area contributed by atoms with E-state index in [1.165, 1.54) is 12.3 Å². The van der Waals surface area contributed by atoms with E-state index in [9.17, 15) is 9.59 Å². The number of pyridine rings is 1. The standard InChI is InChI=1S/C17H12Cl2N4O3/c18-12-8-14(19)16(20-9-12)22-15(24)10-26-17(25)11-2-4-13(5-3-11)23-7-1-6-21-23/h1-9H,10H2,(H,20,22,24). The first-order chi connectivity index (χ1) is 12.5. The van der Waals surface area contributed by atoms with Gasteiger partial charge in [0, 0.05) is 18.6 Å². The summed E-state index contributed by atoms with van der Waals surface area (Å²) in [5.74, 6) is -1.05. The average molecular weight is 391 g/mol. The molecule has 0 aliphatic rings. The first-order valence-electron chi connectivity index (χ1n) is 7.41. The Morgan fingerprint density at radius 3 is 2.62 bits per heavy atom. The molecule has 0 atom stereocenters. The van der Waals surface area contributed by atoms with Gasteiger partial charge in [-0.25, -0.2) is 14.5 Å². The molecule has 0 saturated heterocycles. The summed E-state index contributed by atoms with van der Waals surface area (Å²) in [7, 11) is 0. The first kappa shape index (κ1) is 17.9. The van der Waals surface area contributed by atoms with Crippen LogP contribution in [0, 0.1) is 0 Å². The summed E-state index contributed by atoms with van der Waals surface area (Å²) in [6.45, 7) is -0.472. The number of nitrogens with zero attached hydrogens (tertiary/aromatic N) is 3. The van der Waals surface area contributed by atoms with Crippen molar-refractivity contribution in [2.24, 2.45) is 0 Å². The van der Waals surface area contributed by atoms with E-state index >= 15 is 0 Å². The van der Waals surface area contributed by atoms with Crippen molar-refractivity contribution in [3.8, 4) is 5.69 Å². The second-order valence-corrected chi connectivity index (χ2v) is 5.95. The smallest absolute Gasteiger partial charge is 0.338 e. The number of halogens is 2. The fourth-order valence-corrected chi connectivity index (χ4v) is 2.49. The molecule has 7 nitrogen and oxygen atoms in total. The second-order valence-electron chi connectivity index (χ2n) is 5.11. The zero-order valence-corrected chi connectivity index (χ0v) is 14.7. The largest absolute Gasteiger partial charge is 0.452 e. The Balaban J connectivity index is 1.55. The third-order valence-corrected chi connectivity index (χ3v) is 3.77. The van der Waals surface area contributed by atoms with E-state index in [2.05, 4.69) is 15.4 Å². The molecule has 0 fully saturated rings. The third kappa shape index (κ3) is 4.38. The van der Waals surface area contributed by atoms with E-state index in [0.717, 1.165) is 5.69 Å². The number of anilines is 1. The molecule has 0 bridgehead atoms. The molecule has 0 spiro atoms. The zero-order valence-electron chi connectivity index (χ0n) is 13.2. The highest BCUT2D eigenvalue weighted by molar-refractivity contribution is 6.36. The molecule has 1 aromatic carbocycles. The number of hydrogen-bond donors (Lipinski definition) is 1.